The number of hydrogen-bond donors (Lipinski definition) is 1. The van der Waals surface area contributed by atoms with Crippen molar-refractivity contribution < 1.29 is 19.1 Å². The maximum atomic E-state index is 10.6. The molecular formula is C26H18N2O4. The monoisotopic (exact) mass is 422 g/mol. The van der Waals surface area contributed by atoms with Gasteiger partial charge in [0.15, 0.2) is 6.61 Å². The van der Waals surface area contributed by atoms with E-state index in [1.54, 1.807) is 30.5 Å². The summed E-state index contributed by atoms with van der Waals surface area (Å²) in [6.07, 6.45) is 1.59. The minimum Gasteiger partial charge on any atom is -0.482 e. The van der Waals surface area contributed by atoms with Gasteiger partial charge in [-0.15, -0.1) is 0 Å². The first-order chi connectivity index (χ1) is 15.7. The van der Waals surface area contributed by atoms with E-state index in [4.69, 9.17) is 14.3 Å². The lowest BCUT2D eigenvalue weighted by molar-refractivity contribution is -0.139. The number of carboxylic acids is 1. The predicted molar refractivity (Wildman–Crippen MR) is 121 cm³/mol. The minimum atomic E-state index is -1.04. The molecule has 4 rings (SSSR count). The lowest BCUT2D eigenvalue weighted by Crippen LogP contribution is -2.09. The van der Waals surface area contributed by atoms with Crippen LogP contribution >= 0.6 is 0 Å². The summed E-state index contributed by atoms with van der Waals surface area (Å²) in [6.45, 7) is -0.407. The number of aliphatic imine (C=N–C) groups is 1. The normalized spacial score (nSPS) is 10.7. The van der Waals surface area contributed by atoms with Crippen molar-refractivity contribution in [1.82, 2.24) is 0 Å². The zero-order valence-electron chi connectivity index (χ0n) is 16.9. The second-order valence-electron chi connectivity index (χ2n) is 6.84. The first-order valence-corrected chi connectivity index (χ1v) is 9.82. The van der Waals surface area contributed by atoms with E-state index in [9.17, 15) is 10.1 Å². The standard InChI is InChI=1S/C26H18N2O4/c27-15-22-24(19-7-3-1-4-8-19)25(20-9-5-2-6-10-20)32-26(22)28-16-18-11-13-21(14-12-18)31-17-23(29)30/h1-14,16H,17H2,(H,29,30). The van der Waals surface area contributed by atoms with Crippen LogP contribution in [0.1, 0.15) is 11.1 Å². The molecule has 0 unspecified atom stereocenters. The number of aliphatic carboxylic acids is 1. The zero-order valence-corrected chi connectivity index (χ0v) is 16.9. The lowest BCUT2D eigenvalue weighted by Gasteiger charge is -2.03. The molecule has 32 heavy (non-hydrogen) atoms. The van der Waals surface area contributed by atoms with Crippen LogP contribution in [0.5, 0.6) is 5.75 Å². The van der Waals surface area contributed by atoms with Gasteiger partial charge in [-0.05, 0) is 35.4 Å². The van der Waals surface area contributed by atoms with E-state index in [1.165, 1.54) is 0 Å². The number of furan rings is 1. The Morgan fingerprint density at radius 3 is 2.19 bits per heavy atom. The number of carboxylic acid groups (broad SMARTS) is 1. The summed E-state index contributed by atoms with van der Waals surface area (Å²) < 4.78 is 11.2. The number of nitriles is 1. The molecule has 0 atom stereocenters. The van der Waals surface area contributed by atoms with Crippen LogP contribution in [0.25, 0.3) is 22.5 Å². The second-order valence-corrected chi connectivity index (χ2v) is 6.84. The number of benzene rings is 3. The van der Waals surface area contributed by atoms with Gasteiger partial charge in [0.25, 0.3) is 0 Å². The van der Waals surface area contributed by atoms with Crippen LogP contribution in [0.4, 0.5) is 5.88 Å². The van der Waals surface area contributed by atoms with Crippen LogP contribution in [0, 0.1) is 11.3 Å². The Kier molecular flexibility index (Phi) is 6.10. The molecule has 1 heterocycles. The fourth-order valence-corrected chi connectivity index (χ4v) is 3.22. The van der Waals surface area contributed by atoms with Crippen molar-refractivity contribution in [3.05, 3.63) is 96.1 Å². The zero-order chi connectivity index (χ0) is 22.3. The quantitative estimate of drug-likeness (QED) is 0.386. The molecule has 0 saturated carbocycles. The van der Waals surface area contributed by atoms with E-state index in [2.05, 4.69) is 11.1 Å². The average molecular weight is 422 g/mol. The molecule has 6 nitrogen and oxygen atoms in total. The third-order valence-corrected chi connectivity index (χ3v) is 4.67. The average Bonchev–Trinajstić information content (AvgIpc) is 3.21. The molecule has 0 aliphatic carbocycles. The molecule has 0 fully saturated rings. The van der Waals surface area contributed by atoms with Crippen LogP contribution < -0.4 is 4.74 Å². The van der Waals surface area contributed by atoms with Crippen LogP contribution in [0.3, 0.4) is 0 Å². The highest BCUT2D eigenvalue weighted by molar-refractivity contribution is 5.89. The van der Waals surface area contributed by atoms with E-state index < -0.39 is 12.6 Å². The Labute approximate surface area is 184 Å². The van der Waals surface area contributed by atoms with E-state index >= 15 is 0 Å². The Morgan fingerprint density at radius 1 is 0.969 bits per heavy atom. The molecule has 0 radical (unpaired) electrons. The van der Waals surface area contributed by atoms with Gasteiger partial charge in [0.05, 0.1) is 0 Å². The first kappa shape index (κ1) is 20.6. The topological polar surface area (TPSA) is 95.8 Å². The molecular weight excluding hydrogens is 404 g/mol. The van der Waals surface area contributed by atoms with Gasteiger partial charge in [-0.25, -0.2) is 9.79 Å². The molecule has 0 bridgehead atoms. The fourth-order valence-electron chi connectivity index (χ4n) is 3.22. The van der Waals surface area contributed by atoms with E-state index in [-0.39, 0.29) is 5.88 Å². The van der Waals surface area contributed by atoms with Gasteiger partial charge in [0, 0.05) is 17.3 Å². The number of nitrogens with zero attached hydrogens (tertiary/aromatic N) is 2. The highest BCUT2D eigenvalue weighted by atomic mass is 16.5. The Bertz CT molecular complexity index is 1290. The van der Waals surface area contributed by atoms with Gasteiger partial charge in [-0.1, -0.05) is 60.7 Å². The van der Waals surface area contributed by atoms with Crippen molar-refractivity contribution >= 4 is 18.1 Å². The summed E-state index contributed by atoms with van der Waals surface area (Å²) in [6, 6.07) is 28.2. The molecule has 3 aromatic carbocycles. The maximum absolute atomic E-state index is 10.6. The van der Waals surface area contributed by atoms with Crippen molar-refractivity contribution in [2.45, 2.75) is 0 Å². The van der Waals surface area contributed by atoms with Gasteiger partial charge >= 0.3 is 5.97 Å². The molecule has 0 aliphatic heterocycles. The molecule has 156 valence electrons. The number of hydrogen-bond acceptors (Lipinski definition) is 5. The van der Waals surface area contributed by atoms with Crippen LogP contribution in [-0.2, 0) is 4.79 Å². The van der Waals surface area contributed by atoms with Gasteiger partial charge in [0.1, 0.15) is 23.1 Å². The summed E-state index contributed by atoms with van der Waals surface area (Å²) in [5, 5.41) is 18.6. The third-order valence-electron chi connectivity index (χ3n) is 4.67. The maximum Gasteiger partial charge on any atom is 0.341 e. The fraction of sp³-hybridized carbons (Fsp3) is 0.0385. The Hall–Kier alpha value is -4.63. The number of carbonyl (C=O) groups is 1. The summed E-state index contributed by atoms with van der Waals surface area (Å²) in [5.74, 6) is 0.202. The van der Waals surface area contributed by atoms with Crippen molar-refractivity contribution in [2.75, 3.05) is 6.61 Å². The van der Waals surface area contributed by atoms with Crippen LogP contribution in [-0.4, -0.2) is 23.9 Å². The van der Waals surface area contributed by atoms with Gasteiger partial charge < -0.3 is 14.3 Å². The number of ether oxygens (including phenoxy) is 1. The van der Waals surface area contributed by atoms with Gasteiger partial charge in [0.2, 0.25) is 5.88 Å². The molecule has 1 aromatic heterocycles. The summed E-state index contributed by atoms with van der Waals surface area (Å²) in [7, 11) is 0. The number of rotatable bonds is 7. The molecule has 0 aliphatic rings. The predicted octanol–water partition coefficient (Wildman–Crippen LogP) is 5.70. The van der Waals surface area contributed by atoms with Crippen molar-refractivity contribution in [3.63, 3.8) is 0 Å². The largest absolute Gasteiger partial charge is 0.482 e. The highest BCUT2D eigenvalue weighted by Crippen LogP contribution is 2.42. The molecule has 4 aromatic rings. The SMILES string of the molecule is N#Cc1c(N=Cc2ccc(OCC(=O)O)cc2)oc(-c2ccccc2)c1-c1ccccc1. The minimum absolute atomic E-state index is 0.219. The van der Waals surface area contributed by atoms with Crippen molar-refractivity contribution in [1.29, 1.82) is 5.26 Å². The van der Waals surface area contributed by atoms with E-state index in [0.717, 1.165) is 16.7 Å². The van der Waals surface area contributed by atoms with Gasteiger partial charge in [-0.2, -0.15) is 5.26 Å². The van der Waals surface area contributed by atoms with Crippen molar-refractivity contribution in [2.24, 2.45) is 4.99 Å². The molecule has 6 heteroatoms. The second kappa shape index (κ2) is 9.45. The molecule has 1 N–H and O–H groups in total. The van der Waals surface area contributed by atoms with Crippen LogP contribution in [0.15, 0.2) is 94.3 Å². The molecule has 0 amide bonds. The molecule has 0 saturated heterocycles. The summed E-state index contributed by atoms with van der Waals surface area (Å²) in [4.78, 5) is 15.0. The van der Waals surface area contributed by atoms with E-state index in [0.29, 0.717) is 22.6 Å². The van der Waals surface area contributed by atoms with Gasteiger partial charge in [-0.3, -0.25) is 0 Å². The molecule has 0 spiro atoms. The highest BCUT2D eigenvalue weighted by Gasteiger charge is 2.22. The lowest BCUT2D eigenvalue weighted by atomic mass is 9.98. The Morgan fingerprint density at radius 2 is 1.59 bits per heavy atom. The van der Waals surface area contributed by atoms with Crippen LogP contribution in [0.2, 0.25) is 0 Å². The van der Waals surface area contributed by atoms with Crippen molar-refractivity contribution in [3.8, 4) is 34.3 Å². The third kappa shape index (κ3) is 4.58. The first-order valence-electron chi connectivity index (χ1n) is 9.82. The van der Waals surface area contributed by atoms with E-state index in [1.807, 2.05) is 60.7 Å². The smallest absolute Gasteiger partial charge is 0.341 e. The summed E-state index contributed by atoms with van der Waals surface area (Å²) >= 11 is 0. The Balaban J connectivity index is 1.71. The summed E-state index contributed by atoms with van der Waals surface area (Å²) in [5.41, 5.74) is 3.52.